The van der Waals surface area contributed by atoms with Crippen molar-refractivity contribution in [1.29, 1.82) is 0 Å². The van der Waals surface area contributed by atoms with Gasteiger partial charge in [-0.05, 0) is 36.6 Å². The predicted molar refractivity (Wildman–Crippen MR) is 75.9 cm³/mol. The zero-order chi connectivity index (χ0) is 13.7. The fourth-order valence-electron chi connectivity index (χ4n) is 2.35. The molecule has 1 aromatic rings. The molecule has 1 aliphatic heterocycles. The minimum absolute atomic E-state index is 0.291. The Morgan fingerprint density at radius 1 is 1.37 bits per heavy atom. The van der Waals surface area contributed by atoms with E-state index in [0.717, 1.165) is 43.8 Å². The zero-order valence-electron chi connectivity index (χ0n) is 11.5. The molecule has 1 amide bonds. The number of rotatable bonds is 6. The maximum absolute atomic E-state index is 11.7. The first-order valence-corrected chi connectivity index (χ1v) is 6.95. The van der Waals surface area contributed by atoms with Crippen molar-refractivity contribution in [3.8, 4) is 5.75 Å². The maximum Gasteiger partial charge on any atom is 0.222 e. The molecule has 0 radical (unpaired) electrons. The van der Waals surface area contributed by atoms with E-state index < -0.39 is 0 Å². The van der Waals surface area contributed by atoms with Gasteiger partial charge in [0.25, 0.3) is 0 Å². The van der Waals surface area contributed by atoms with Gasteiger partial charge < -0.3 is 15.4 Å². The van der Waals surface area contributed by atoms with Crippen molar-refractivity contribution in [2.24, 2.45) is 5.92 Å². The molecule has 1 saturated heterocycles. The van der Waals surface area contributed by atoms with Crippen molar-refractivity contribution in [2.45, 2.75) is 26.2 Å². The van der Waals surface area contributed by atoms with E-state index in [2.05, 4.69) is 6.92 Å². The molecule has 0 spiro atoms. The third kappa shape index (κ3) is 3.88. The van der Waals surface area contributed by atoms with Crippen molar-refractivity contribution in [3.05, 3.63) is 24.3 Å². The highest BCUT2D eigenvalue weighted by Gasteiger charge is 2.27. The van der Waals surface area contributed by atoms with Crippen LogP contribution in [-0.4, -0.2) is 30.5 Å². The topological polar surface area (TPSA) is 55.6 Å². The monoisotopic (exact) mass is 262 g/mol. The second kappa shape index (κ2) is 6.45. The molecular formula is C15H22N2O2. The summed E-state index contributed by atoms with van der Waals surface area (Å²) in [5.74, 6) is 1.67. The lowest BCUT2D eigenvalue weighted by molar-refractivity contribution is -0.127. The van der Waals surface area contributed by atoms with Gasteiger partial charge in [0.05, 0.1) is 6.61 Å². The molecule has 2 rings (SSSR count). The Labute approximate surface area is 114 Å². The summed E-state index contributed by atoms with van der Waals surface area (Å²) in [6.45, 7) is 4.48. The molecule has 4 heteroatoms. The number of hydrogen-bond acceptors (Lipinski definition) is 3. The Hall–Kier alpha value is -1.71. The average molecular weight is 262 g/mol. The lowest BCUT2D eigenvalue weighted by Gasteiger charge is -2.16. The first kappa shape index (κ1) is 13.7. The molecule has 1 atom stereocenters. The van der Waals surface area contributed by atoms with Crippen LogP contribution in [0.3, 0.4) is 0 Å². The Morgan fingerprint density at radius 3 is 2.74 bits per heavy atom. The fourth-order valence-corrected chi connectivity index (χ4v) is 2.35. The van der Waals surface area contributed by atoms with E-state index in [-0.39, 0.29) is 0 Å². The normalized spacial score (nSPS) is 18.9. The van der Waals surface area contributed by atoms with Crippen LogP contribution in [0.4, 0.5) is 5.69 Å². The van der Waals surface area contributed by atoms with Crippen molar-refractivity contribution < 1.29 is 9.53 Å². The molecule has 19 heavy (non-hydrogen) atoms. The highest BCUT2D eigenvalue weighted by atomic mass is 16.5. The predicted octanol–water partition coefficient (Wildman–Crippen LogP) is 2.30. The summed E-state index contributed by atoms with van der Waals surface area (Å²) in [6.07, 6.45) is 2.67. The van der Waals surface area contributed by atoms with Crippen LogP contribution in [0.5, 0.6) is 5.75 Å². The molecule has 1 heterocycles. The van der Waals surface area contributed by atoms with E-state index in [9.17, 15) is 4.79 Å². The summed E-state index contributed by atoms with van der Waals surface area (Å²) in [6, 6.07) is 7.38. The van der Waals surface area contributed by atoms with Crippen molar-refractivity contribution in [3.63, 3.8) is 0 Å². The number of ether oxygens (including phenoxy) is 1. The van der Waals surface area contributed by atoms with Gasteiger partial charge in [-0.25, -0.2) is 0 Å². The molecule has 0 bridgehead atoms. The Balaban J connectivity index is 1.67. The van der Waals surface area contributed by atoms with E-state index in [1.165, 1.54) is 0 Å². The van der Waals surface area contributed by atoms with Crippen LogP contribution in [-0.2, 0) is 4.79 Å². The highest BCUT2D eigenvalue weighted by Crippen LogP contribution is 2.20. The Kier molecular flexibility index (Phi) is 4.66. The number of nitrogens with zero attached hydrogens (tertiary/aromatic N) is 1. The zero-order valence-corrected chi connectivity index (χ0v) is 11.5. The highest BCUT2D eigenvalue weighted by molar-refractivity contribution is 5.78. The molecule has 0 saturated carbocycles. The molecule has 1 unspecified atom stereocenters. The second-order valence-electron chi connectivity index (χ2n) is 5.09. The number of carbonyl (C=O) groups excluding carboxylic acids is 1. The van der Waals surface area contributed by atoms with Gasteiger partial charge >= 0.3 is 0 Å². The molecule has 1 aliphatic rings. The largest absolute Gasteiger partial charge is 0.494 e. The minimum atomic E-state index is 0.291. The van der Waals surface area contributed by atoms with Crippen molar-refractivity contribution in [1.82, 2.24) is 4.90 Å². The van der Waals surface area contributed by atoms with E-state index in [0.29, 0.717) is 18.4 Å². The van der Waals surface area contributed by atoms with E-state index in [4.69, 9.17) is 10.5 Å². The SMILES string of the molecule is CCC1CC(=O)N(CCCOc2ccc(N)cc2)C1. The first-order chi connectivity index (χ1) is 9.19. The summed E-state index contributed by atoms with van der Waals surface area (Å²) in [7, 11) is 0. The van der Waals surface area contributed by atoms with Gasteiger partial charge in [0.1, 0.15) is 5.75 Å². The van der Waals surface area contributed by atoms with Crippen LogP contribution < -0.4 is 10.5 Å². The van der Waals surface area contributed by atoms with E-state index in [1.54, 1.807) is 0 Å². The number of benzene rings is 1. The van der Waals surface area contributed by atoms with Crippen LogP contribution in [0.25, 0.3) is 0 Å². The van der Waals surface area contributed by atoms with Gasteiger partial charge in [-0.1, -0.05) is 13.3 Å². The Bertz CT molecular complexity index is 417. The maximum atomic E-state index is 11.7. The quantitative estimate of drug-likeness (QED) is 0.632. The van der Waals surface area contributed by atoms with Crippen LogP contribution in [0.2, 0.25) is 0 Å². The number of amides is 1. The average Bonchev–Trinajstić information content (AvgIpc) is 2.77. The lowest BCUT2D eigenvalue weighted by atomic mass is 10.1. The molecule has 0 aliphatic carbocycles. The molecule has 0 aromatic heterocycles. The van der Waals surface area contributed by atoms with Gasteiger partial charge in [0.15, 0.2) is 0 Å². The van der Waals surface area contributed by atoms with Gasteiger partial charge in [0, 0.05) is 25.2 Å². The number of hydrogen-bond donors (Lipinski definition) is 1. The first-order valence-electron chi connectivity index (χ1n) is 6.95. The third-order valence-electron chi connectivity index (χ3n) is 3.59. The summed E-state index contributed by atoms with van der Waals surface area (Å²) >= 11 is 0. The van der Waals surface area contributed by atoms with Gasteiger partial charge in [-0.2, -0.15) is 0 Å². The fraction of sp³-hybridized carbons (Fsp3) is 0.533. The summed E-state index contributed by atoms with van der Waals surface area (Å²) in [5.41, 5.74) is 6.34. The standard InChI is InChI=1S/C15H22N2O2/c1-2-12-10-15(18)17(11-12)8-3-9-19-14-6-4-13(16)5-7-14/h4-7,12H,2-3,8-11,16H2,1H3. The number of nitrogen functional groups attached to an aromatic ring is 1. The van der Waals surface area contributed by atoms with Crippen molar-refractivity contribution >= 4 is 11.6 Å². The van der Waals surface area contributed by atoms with Crippen molar-refractivity contribution in [2.75, 3.05) is 25.4 Å². The minimum Gasteiger partial charge on any atom is -0.494 e. The number of anilines is 1. The lowest BCUT2D eigenvalue weighted by Crippen LogP contribution is -2.27. The number of nitrogens with two attached hydrogens (primary N) is 1. The smallest absolute Gasteiger partial charge is 0.222 e. The third-order valence-corrected chi connectivity index (χ3v) is 3.59. The molecule has 4 nitrogen and oxygen atoms in total. The number of carbonyl (C=O) groups is 1. The second-order valence-corrected chi connectivity index (χ2v) is 5.09. The molecule has 104 valence electrons. The molecule has 2 N–H and O–H groups in total. The van der Waals surface area contributed by atoms with Gasteiger partial charge in [0.2, 0.25) is 5.91 Å². The van der Waals surface area contributed by atoms with Crippen LogP contribution >= 0.6 is 0 Å². The molecular weight excluding hydrogens is 240 g/mol. The van der Waals surface area contributed by atoms with Crippen LogP contribution in [0, 0.1) is 5.92 Å². The summed E-state index contributed by atoms with van der Waals surface area (Å²) < 4.78 is 5.62. The number of likely N-dealkylation sites (tertiary alicyclic amines) is 1. The van der Waals surface area contributed by atoms with Crippen LogP contribution in [0.1, 0.15) is 26.2 Å². The van der Waals surface area contributed by atoms with E-state index >= 15 is 0 Å². The molecule has 1 fully saturated rings. The van der Waals surface area contributed by atoms with Crippen LogP contribution in [0.15, 0.2) is 24.3 Å². The van der Waals surface area contributed by atoms with Gasteiger partial charge in [-0.3, -0.25) is 4.79 Å². The summed E-state index contributed by atoms with van der Waals surface area (Å²) in [5, 5.41) is 0. The van der Waals surface area contributed by atoms with E-state index in [1.807, 2.05) is 29.2 Å². The Morgan fingerprint density at radius 2 is 2.11 bits per heavy atom. The summed E-state index contributed by atoms with van der Waals surface area (Å²) in [4.78, 5) is 13.7. The van der Waals surface area contributed by atoms with Gasteiger partial charge in [-0.15, -0.1) is 0 Å². The molecule has 1 aromatic carbocycles.